The number of rotatable bonds is 6. The monoisotopic (exact) mass is 411 g/mol. The Labute approximate surface area is 178 Å². The second-order valence-electron chi connectivity index (χ2n) is 8.82. The van der Waals surface area contributed by atoms with Crippen LogP contribution in [0.4, 0.5) is 5.69 Å². The first-order valence-electron chi connectivity index (χ1n) is 11.2. The molecule has 3 heterocycles. The molecule has 1 fully saturated rings. The van der Waals surface area contributed by atoms with Gasteiger partial charge in [0.1, 0.15) is 6.61 Å². The lowest BCUT2D eigenvalue weighted by molar-refractivity contribution is -0.00698. The standard InChI is InChI=1S/C23H33N5O2/c1-3-18(4-2)14-27-12-10-23(11-13-27)16-28-20(15-30-17-23)25-26-21(28)22(29)24-19-8-6-5-7-9-19/h5-9,18H,3-4,10-17H2,1-2H3,(H,24,29). The summed E-state index contributed by atoms with van der Waals surface area (Å²) in [4.78, 5) is 15.5. The minimum absolute atomic E-state index is 0.0415. The molecule has 1 aromatic heterocycles. The van der Waals surface area contributed by atoms with E-state index in [-0.39, 0.29) is 11.3 Å². The van der Waals surface area contributed by atoms with Crippen molar-refractivity contribution in [2.24, 2.45) is 11.3 Å². The number of hydrogen-bond donors (Lipinski definition) is 1. The maximum Gasteiger partial charge on any atom is 0.293 e. The number of para-hydroxylation sites is 1. The fourth-order valence-corrected chi connectivity index (χ4v) is 4.65. The van der Waals surface area contributed by atoms with Gasteiger partial charge in [-0.2, -0.15) is 0 Å². The van der Waals surface area contributed by atoms with E-state index in [1.807, 2.05) is 34.9 Å². The lowest BCUT2D eigenvalue weighted by Crippen LogP contribution is -2.45. The van der Waals surface area contributed by atoms with E-state index in [4.69, 9.17) is 4.74 Å². The molecule has 0 saturated carbocycles. The molecule has 162 valence electrons. The van der Waals surface area contributed by atoms with Gasteiger partial charge in [0.05, 0.1) is 6.61 Å². The highest BCUT2D eigenvalue weighted by molar-refractivity contribution is 6.01. The summed E-state index contributed by atoms with van der Waals surface area (Å²) in [5, 5.41) is 11.4. The Hall–Kier alpha value is -2.25. The number of benzene rings is 1. The van der Waals surface area contributed by atoms with E-state index in [9.17, 15) is 4.79 Å². The number of ether oxygens (including phenoxy) is 1. The van der Waals surface area contributed by atoms with Crippen molar-refractivity contribution in [3.63, 3.8) is 0 Å². The Morgan fingerprint density at radius 1 is 1.17 bits per heavy atom. The molecule has 0 unspecified atom stereocenters. The number of nitrogens with zero attached hydrogens (tertiary/aromatic N) is 4. The largest absolute Gasteiger partial charge is 0.373 e. The Morgan fingerprint density at radius 3 is 2.60 bits per heavy atom. The van der Waals surface area contributed by atoms with Gasteiger partial charge in [-0.25, -0.2) is 0 Å². The van der Waals surface area contributed by atoms with Crippen LogP contribution in [0.25, 0.3) is 0 Å². The van der Waals surface area contributed by atoms with E-state index in [1.165, 1.54) is 19.4 Å². The van der Waals surface area contributed by atoms with Crippen LogP contribution in [0.5, 0.6) is 0 Å². The summed E-state index contributed by atoms with van der Waals surface area (Å²) in [7, 11) is 0. The van der Waals surface area contributed by atoms with Crippen LogP contribution in [-0.2, 0) is 17.9 Å². The molecule has 1 N–H and O–H groups in total. The topological polar surface area (TPSA) is 72.3 Å². The van der Waals surface area contributed by atoms with Crippen molar-refractivity contribution in [2.45, 2.75) is 52.7 Å². The van der Waals surface area contributed by atoms with Gasteiger partial charge in [-0.3, -0.25) is 4.79 Å². The number of hydrogen-bond acceptors (Lipinski definition) is 5. The fourth-order valence-electron chi connectivity index (χ4n) is 4.65. The third-order valence-electron chi connectivity index (χ3n) is 6.78. The summed E-state index contributed by atoms with van der Waals surface area (Å²) in [6, 6.07) is 9.47. The SMILES string of the molecule is CCC(CC)CN1CCC2(CC1)COCc1nnc(C(=O)Nc3ccccc3)n1C2. The maximum atomic E-state index is 12.9. The normalized spacial score (nSPS) is 18.9. The summed E-state index contributed by atoms with van der Waals surface area (Å²) in [6.07, 6.45) is 4.63. The zero-order chi connectivity index (χ0) is 21.0. The van der Waals surface area contributed by atoms with Crippen molar-refractivity contribution in [1.29, 1.82) is 0 Å². The molecule has 30 heavy (non-hydrogen) atoms. The molecule has 1 saturated heterocycles. The summed E-state index contributed by atoms with van der Waals surface area (Å²) in [5.41, 5.74) is 0.800. The Kier molecular flexibility index (Phi) is 6.49. The van der Waals surface area contributed by atoms with Gasteiger partial charge < -0.3 is 19.5 Å². The smallest absolute Gasteiger partial charge is 0.293 e. The van der Waals surface area contributed by atoms with E-state index < -0.39 is 0 Å². The average molecular weight is 412 g/mol. The van der Waals surface area contributed by atoms with Crippen molar-refractivity contribution >= 4 is 11.6 Å². The number of piperidine rings is 1. The van der Waals surface area contributed by atoms with Gasteiger partial charge in [0.15, 0.2) is 5.82 Å². The predicted octanol–water partition coefficient (Wildman–Crippen LogP) is 3.58. The van der Waals surface area contributed by atoms with E-state index in [1.54, 1.807) is 0 Å². The first-order valence-corrected chi connectivity index (χ1v) is 11.2. The van der Waals surface area contributed by atoms with Crippen LogP contribution in [0.15, 0.2) is 30.3 Å². The van der Waals surface area contributed by atoms with Crippen molar-refractivity contribution in [2.75, 3.05) is 31.6 Å². The Morgan fingerprint density at radius 2 is 1.90 bits per heavy atom. The van der Waals surface area contributed by atoms with Crippen LogP contribution in [0.3, 0.4) is 0 Å². The minimum Gasteiger partial charge on any atom is -0.373 e. The zero-order valence-electron chi connectivity index (χ0n) is 18.1. The molecule has 2 aromatic rings. The van der Waals surface area contributed by atoms with E-state index in [0.717, 1.165) is 56.5 Å². The molecule has 1 amide bonds. The molecule has 1 spiro atoms. The number of nitrogens with one attached hydrogen (secondary N) is 1. The second kappa shape index (κ2) is 9.27. The highest BCUT2D eigenvalue weighted by Gasteiger charge is 2.39. The predicted molar refractivity (Wildman–Crippen MR) is 116 cm³/mol. The van der Waals surface area contributed by atoms with Gasteiger partial charge in [0.2, 0.25) is 5.82 Å². The molecule has 7 heteroatoms. The van der Waals surface area contributed by atoms with Gasteiger partial charge in [-0.1, -0.05) is 44.9 Å². The number of likely N-dealkylation sites (tertiary alicyclic amines) is 1. The summed E-state index contributed by atoms with van der Waals surface area (Å²) in [5.74, 6) is 1.67. The summed E-state index contributed by atoms with van der Waals surface area (Å²) < 4.78 is 8.00. The lowest BCUT2D eigenvalue weighted by Gasteiger charge is -2.42. The van der Waals surface area contributed by atoms with Gasteiger partial charge in [-0.15, -0.1) is 10.2 Å². The maximum absolute atomic E-state index is 12.9. The number of fused-ring (bicyclic) bond motifs is 1. The van der Waals surface area contributed by atoms with Crippen molar-refractivity contribution < 1.29 is 9.53 Å². The van der Waals surface area contributed by atoms with E-state index in [0.29, 0.717) is 12.4 Å². The number of aromatic nitrogens is 3. The molecule has 0 bridgehead atoms. The van der Waals surface area contributed by atoms with Crippen LogP contribution in [-0.4, -0.2) is 51.8 Å². The third kappa shape index (κ3) is 4.57. The molecule has 4 rings (SSSR count). The first-order chi connectivity index (χ1) is 14.6. The summed E-state index contributed by atoms with van der Waals surface area (Å²) in [6.45, 7) is 9.80. The highest BCUT2D eigenvalue weighted by atomic mass is 16.5. The van der Waals surface area contributed by atoms with E-state index >= 15 is 0 Å². The molecule has 0 aliphatic carbocycles. The Balaban J connectivity index is 1.46. The number of carbonyl (C=O) groups is 1. The van der Waals surface area contributed by atoms with Crippen LogP contribution in [0, 0.1) is 11.3 Å². The molecular formula is C23H33N5O2. The third-order valence-corrected chi connectivity index (χ3v) is 6.78. The number of anilines is 1. The molecule has 7 nitrogen and oxygen atoms in total. The highest BCUT2D eigenvalue weighted by Crippen LogP contribution is 2.37. The lowest BCUT2D eigenvalue weighted by atomic mass is 9.78. The second-order valence-corrected chi connectivity index (χ2v) is 8.82. The van der Waals surface area contributed by atoms with E-state index in [2.05, 4.69) is 34.3 Å². The van der Waals surface area contributed by atoms with Crippen molar-refractivity contribution in [1.82, 2.24) is 19.7 Å². The number of carbonyl (C=O) groups excluding carboxylic acids is 1. The van der Waals surface area contributed by atoms with Crippen LogP contribution < -0.4 is 5.32 Å². The van der Waals surface area contributed by atoms with Crippen molar-refractivity contribution in [3.8, 4) is 0 Å². The Bertz CT molecular complexity index is 839. The molecule has 2 aliphatic heterocycles. The van der Waals surface area contributed by atoms with Gasteiger partial charge in [-0.05, 0) is 44.0 Å². The number of amides is 1. The summed E-state index contributed by atoms with van der Waals surface area (Å²) >= 11 is 0. The molecule has 2 aliphatic rings. The fraction of sp³-hybridized carbons (Fsp3) is 0.609. The van der Waals surface area contributed by atoms with Crippen molar-refractivity contribution in [3.05, 3.63) is 42.0 Å². The molecule has 0 atom stereocenters. The van der Waals surface area contributed by atoms with Crippen LogP contribution in [0.2, 0.25) is 0 Å². The van der Waals surface area contributed by atoms with Gasteiger partial charge >= 0.3 is 0 Å². The molecule has 1 aromatic carbocycles. The van der Waals surface area contributed by atoms with Gasteiger partial charge in [0.25, 0.3) is 5.91 Å². The van der Waals surface area contributed by atoms with Crippen LogP contribution >= 0.6 is 0 Å². The quantitative estimate of drug-likeness (QED) is 0.787. The zero-order valence-corrected chi connectivity index (χ0v) is 18.1. The first kappa shape index (κ1) is 21.0. The molecular weight excluding hydrogens is 378 g/mol. The molecule has 0 radical (unpaired) electrons. The average Bonchev–Trinajstić information content (AvgIpc) is 3.07. The van der Waals surface area contributed by atoms with Gasteiger partial charge in [0, 0.05) is 24.2 Å². The van der Waals surface area contributed by atoms with Crippen LogP contribution in [0.1, 0.15) is 56.0 Å². The minimum atomic E-state index is -0.219.